The fraction of sp³-hybridized carbons (Fsp3) is 0.136. The maximum absolute atomic E-state index is 12.7. The molecule has 0 aliphatic heterocycles. The van der Waals surface area contributed by atoms with E-state index in [0.717, 1.165) is 22.5 Å². The number of nitrogens with zero attached hydrogens (tertiary/aromatic N) is 2. The van der Waals surface area contributed by atoms with Crippen molar-refractivity contribution in [2.24, 2.45) is 0 Å². The van der Waals surface area contributed by atoms with Crippen LogP contribution in [-0.4, -0.2) is 28.0 Å². The van der Waals surface area contributed by atoms with Crippen LogP contribution in [-0.2, 0) is 17.6 Å². The zero-order chi connectivity index (χ0) is 21.1. The van der Waals surface area contributed by atoms with Crippen molar-refractivity contribution in [3.05, 3.63) is 81.9 Å². The van der Waals surface area contributed by atoms with Gasteiger partial charge in [-0.25, -0.2) is 4.98 Å². The summed E-state index contributed by atoms with van der Waals surface area (Å²) in [6.07, 6.45) is 3.61. The van der Waals surface area contributed by atoms with Crippen LogP contribution >= 0.6 is 23.2 Å². The minimum absolute atomic E-state index is 0.102. The lowest BCUT2D eigenvalue weighted by molar-refractivity contribution is -0.115. The molecule has 0 spiro atoms. The Hall–Kier alpha value is -3.09. The molecule has 0 saturated carbocycles. The highest BCUT2D eigenvalue weighted by Gasteiger charge is 2.16. The molecule has 152 valence electrons. The van der Waals surface area contributed by atoms with Crippen LogP contribution in [0.2, 0.25) is 10.0 Å². The summed E-state index contributed by atoms with van der Waals surface area (Å²) >= 11 is 12.2. The van der Waals surface area contributed by atoms with Gasteiger partial charge in [-0.05, 0) is 17.2 Å². The second kappa shape index (κ2) is 8.73. The Bertz CT molecular complexity index is 1190. The molecule has 4 aromatic rings. The van der Waals surface area contributed by atoms with E-state index in [9.17, 15) is 4.79 Å². The molecule has 0 aliphatic rings. The van der Waals surface area contributed by atoms with E-state index in [1.807, 2.05) is 42.5 Å². The Morgan fingerprint density at radius 3 is 2.53 bits per heavy atom. The topological polar surface area (TPSA) is 79.9 Å². The summed E-state index contributed by atoms with van der Waals surface area (Å²) in [5, 5.41) is 3.31. The summed E-state index contributed by atoms with van der Waals surface area (Å²) in [7, 11) is 1.60. The number of aromatic amines is 1. The number of amides is 1. The van der Waals surface area contributed by atoms with Crippen molar-refractivity contribution in [1.82, 2.24) is 15.0 Å². The fourth-order valence-corrected chi connectivity index (χ4v) is 3.70. The largest absolute Gasteiger partial charge is 0.494 e. The molecule has 2 N–H and O–H groups in total. The van der Waals surface area contributed by atoms with E-state index >= 15 is 0 Å². The first-order valence-corrected chi connectivity index (χ1v) is 9.98. The lowest BCUT2D eigenvalue weighted by Crippen LogP contribution is -2.15. The number of aromatic nitrogens is 3. The summed E-state index contributed by atoms with van der Waals surface area (Å²) < 4.78 is 5.46. The monoisotopic (exact) mass is 440 g/mol. The molecular formula is C22H18Cl2N4O2. The molecule has 0 saturated heterocycles. The molecule has 0 bridgehead atoms. The third-order valence-corrected chi connectivity index (χ3v) is 5.22. The maximum atomic E-state index is 12.7. The Morgan fingerprint density at radius 1 is 1.10 bits per heavy atom. The van der Waals surface area contributed by atoms with Crippen molar-refractivity contribution in [1.29, 1.82) is 0 Å². The molecule has 30 heavy (non-hydrogen) atoms. The van der Waals surface area contributed by atoms with Gasteiger partial charge in [-0.1, -0.05) is 59.6 Å². The molecule has 0 fully saturated rings. The third-order valence-electron chi connectivity index (χ3n) is 4.64. The number of benzene rings is 2. The Kier molecular flexibility index (Phi) is 5.88. The second-order valence-electron chi connectivity index (χ2n) is 6.70. The van der Waals surface area contributed by atoms with Gasteiger partial charge in [0.15, 0.2) is 0 Å². The van der Waals surface area contributed by atoms with Crippen LogP contribution < -0.4 is 10.1 Å². The van der Waals surface area contributed by atoms with Crippen LogP contribution in [0.3, 0.4) is 0 Å². The van der Waals surface area contributed by atoms with Crippen molar-refractivity contribution in [3.63, 3.8) is 0 Å². The highest BCUT2D eigenvalue weighted by Crippen LogP contribution is 2.30. The number of imidazole rings is 1. The van der Waals surface area contributed by atoms with Crippen molar-refractivity contribution in [3.8, 4) is 5.75 Å². The molecule has 0 aliphatic carbocycles. The highest BCUT2D eigenvalue weighted by atomic mass is 35.5. The van der Waals surface area contributed by atoms with Crippen LogP contribution in [0.1, 0.15) is 17.0 Å². The predicted octanol–water partition coefficient (Wildman–Crippen LogP) is 5.05. The number of methoxy groups -OCH3 is 1. The summed E-state index contributed by atoms with van der Waals surface area (Å²) in [6.45, 7) is 0. The number of anilines is 1. The van der Waals surface area contributed by atoms with Gasteiger partial charge >= 0.3 is 0 Å². The van der Waals surface area contributed by atoms with Gasteiger partial charge in [0, 0.05) is 18.8 Å². The van der Waals surface area contributed by atoms with Gasteiger partial charge in [-0.3, -0.25) is 9.78 Å². The van der Waals surface area contributed by atoms with Crippen LogP contribution in [0.4, 0.5) is 5.69 Å². The number of hydrogen-bond donors (Lipinski definition) is 2. The normalized spacial score (nSPS) is 10.9. The molecule has 2 aromatic heterocycles. The Morgan fingerprint density at radius 2 is 1.83 bits per heavy atom. The number of halogens is 2. The number of hydrogen-bond acceptors (Lipinski definition) is 4. The van der Waals surface area contributed by atoms with Crippen LogP contribution in [0, 0.1) is 0 Å². The van der Waals surface area contributed by atoms with Gasteiger partial charge < -0.3 is 15.0 Å². The average molecular weight is 441 g/mol. The van der Waals surface area contributed by atoms with E-state index in [-0.39, 0.29) is 22.4 Å². The number of fused-ring (bicyclic) bond motifs is 1. The summed E-state index contributed by atoms with van der Waals surface area (Å²) in [5.41, 5.74) is 3.70. The Balaban J connectivity index is 1.63. The van der Waals surface area contributed by atoms with Crippen LogP contribution in [0.5, 0.6) is 5.75 Å². The van der Waals surface area contributed by atoms with Gasteiger partial charge in [-0.15, -0.1) is 0 Å². The zero-order valence-corrected chi connectivity index (χ0v) is 17.6. The molecule has 1 amide bonds. The standard InChI is InChI=1S/C22H18Cl2N4O2/c1-30-17-8-7-14(10-19(29)28-21-15(23)11-25-12-16(21)24)20-22(17)27-18(26-20)9-13-5-3-2-4-6-13/h2-8,11-12H,9-10H2,1H3,(H,26,27)(H,25,28,29). The molecule has 0 unspecified atom stereocenters. The number of rotatable bonds is 6. The van der Waals surface area contributed by atoms with E-state index < -0.39 is 0 Å². The molecule has 6 nitrogen and oxygen atoms in total. The first kappa shape index (κ1) is 20.2. The van der Waals surface area contributed by atoms with Gasteiger partial charge in [0.1, 0.15) is 17.1 Å². The van der Waals surface area contributed by atoms with Gasteiger partial charge in [-0.2, -0.15) is 0 Å². The minimum atomic E-state index is -0.260. The predicted molar refractivity (Wildman–Crippen MR) is 118 cm³/mol. The van der Waals surface area contributed by atoms with E-state index in [4.69, 9.17) is 32.9 Å². The van der Waals surface area contributed by atoms with Crippen LogP contribution in [0.15, 0.2) is 54.9 Å². The van der Waals surface area contributed by atoms with E-state index in [0.29, 0.717) is 23.4 Å². The molecule has 8 heteroatoms. The molecular weight excluding hydrogens is 423 g/mol. The van der Waals surface area contributed by atoms with Gasteiger partial charge in [0.25, 0.3) is 0 Å². The Labute approximate surface area is 183 Å². The van der Waals surface area contributed by atoms with E-state index in [1.165, 1.54) is 12.4 Å². The lowest BCUT2D eigenvalue weighted by atomic mass is 10.1. The van der Waals surface area contributed by atoms with Crippen molar-refractivity contribution >= 4 is 45.8 Å². The molecule has 2 heterocycles. The molecule has 4 rings (SSSR count). The third kappa shape index (κ3) is 4.25. The fourth-order valence-electron chi connectivity index (χ4n) is 3.24. The zero-order valence-electron chi connectivity index (χ0n) is 16.1. The van der Waals surface area contributed by atoms with E-state index in [1.54, 1.807) is 7.11 Å². The smallest absolute Gasteiger partial charge is 0.228 e. The maximum Gasteiger partial charge on any atom is 0.228 e. The summed E-state index contributed by atoms with van der Waals surface area (Å²) in [4.78, 5) is 24.6. The van der Waals surface area contributed by atoms with Crippen molar-refractivity contribution < 1.29 is 9.53 Å². The number of H-pyrrole nitrogens is 1. The number of pyridine rings is 1. The SMILES string of the molecule is COc1ccc(CC(=O)Nc2c(Cl)cncc2Cl)c2nc(Cc3ccccc3)[nH]c12. The summed E-state index contributed by atoms with van der Waals surface area (Å²) in [6, 6.07) is 13.7. The summed E-state index contributed by atoms with van der Waals surface area (Å²) in [5.74, 6) is 1.20. The first-order valence-electron chi connectivity index (χ1n) is 9.22. The van der Waals surface area contributed by atoms with Gasteiger partial charge in [0.2, 0.25) is 5.91 Å². The number of carbonyl (C=O) groups excluding carboxylic acids is 1. The van der Waals surface area contributed by atoms with Crippen molar-refractivity contribution in [2.45, 2.75) is 12.8 Å². The quantitative estimate of drug-likeness (QED) is 0.439. The van der Waals surface area contributed by atoms with Gasteiger partial charge in [0.05, 0.1) is 34.8 Å². The van der Waals surface area contributed by atoms with Crippen molar-refractivity contribution in [2.75, 3.05) is 12.4 Å². The van der Waals surface area contributed by atoms with Crippen LogP contribution in [0.25, 0.3) is 11.0 Å². The lowest BCUT2D eigenvalue weighted by Gasteiger charge is -2.09. The molecule has 2 aromatic carbocycles. The highest BCUT2D eigenvalue weighted by molar-refractivity contribution is 6.39. The average Bonchev–Trinajstić information content (AvgIpc) is 3.16. The second-order valence-corrected chi connectivity index (χ2v) is 7.51. The molecule has 0 radical (unpaired) electrons. The number of carbonyl (C=O) groups is 1. The van der Waals surface area contributed by atoms with E-state index in [2.05, 4.69) is 15.3 Å². The molecule has 0 atom stereocenters. The first-order chi connectivity index (χ1) is 14.5. The number of ether oxygens (including phenoxy) is 1. The minimum Gasteiger partial charge on any atom is -0.494 e. The number of nitrogens with one attached hydrogen (secondary N) is 2.